The Morgan fingerprint density at radius 1 is 1.03 bits per heavy atom. The van der Waals surface area contributed by atoms with Crippen molar-refractivity contribution in [1.82, 2.24) is 5.32 Å². The molecule has 1 aliphatic heterocycles. The number of nitrogens with one attached hydrogen (secondary N) is 1. The summed E-state index contributed by atoms with van der Waals surface area (Å²) >= 11 is 0. The van der Waals surface area contributed by atoms with Crippen molar-refractivity contribution in [1.29, 1.82) is 0 Å². The van der Waals surface area contributed by atoms with Gasteiger partial charge < -0.3 is 10.4 Å². The fourth-order valence-corrected chi connectivity index (χ4v) is 3.34. The van der Waals surface area contributed by atoms with Crippen molar-refractivity contribution >= 4 is 18.1 Å². The minimum absolute atomic E-state index is 0.183. The van der Waals surface area contributed by atoms with Gasteiger partial charge in [0, 0.05) is 31.2 Å². The summed E-state index contributed by atoms with van der Waals surface area (Å²) in [5.74, 6) is -1.19. The monoisotopic (exact) mass is 416 g/mol. The van der Waals surface area contributed by atoms with E-state index in [1.807, 2.05) is 6.08 Å². The number of hydrogen-bond acceptors (Lipinski definition) is 3. The van der Waals surface area contributed by atoms with Crippen LogP contribution in [-0.2, 0) is 9.59 Å². The van der Waals surface area contributed by atoms with Crippen molar-refractivity contribution in [3.8, 4) is 0 Å². The predicted octanol–water partition coefficient (Wildman–Crippen LogP) is 6.12. The van der Waals surface area contributed by atoms with Gasteiger partial charge in [0.05, 0.1) is 0 Å². The minimum Gasteiger partial charge on any atom is -0.480 e. The lowest BCUT2D eigenvalue weighted by Crippen LogP contribution is -2.40. The maximum atomic E-state index is 12.0. The topological polar surface area (TPSA) is 78.8 Å². The Hall–Kier alpha value is -2.17. The number of aliphatic carboxylic acids is 1. The van der Waals surface area contributed by atoms with Crippen molar-refractivity contribution in [2.45, 2.75) is 103 Å². The first-order valence-electron chi connectivity index (χ1n) is 11.7. The van der Waals surface area contributed by atoms with Crippen LogP contribution in [-0.4, -0.2) is 29.2 Å². The van der Waals surface area contributed by atoms with E-state index in [4.69, 9.17) is 0 Å². The van der Waals surface area contributed by atoms with Crippen LogP contribution < -0.4 is 5.32 Å². The van der Waals surface area contributed by atoms with E-state index in [9.17, 15) is 14.7 Å². The van der Waals surface area contributed by atoms with Gasteiger partial charge in [-0.05, 0) is 32.1 Å². The number of aliphatic imine (C=N–C) groups is 1. The van der Waals surface area contributed by atoms with Gasteiger partial charge in [-0.3, -0.25) is 9.79 Å². The number of unbranched alkanes of at least 4 members (excludes halogenated alkanes) is 9. The third kappa shape index (κ3) is 13.9. The van der Waals surface area contributed by atoms with Crippen LogP contribution in [0.3, 0.4) is 0 Å². The zero-order valence-electron chi connectivity index (χ0n) is 18.7. The lowest BCUT2D eigenvalue weighted by molar-refractivity contribution is -0.141. The number of carboxylic acid groups (broad SMARTS) is 1. The maximum absolute atomic E-state index is 12.0. The maximum Gasteiger partial charge on any atom is 0.326 e. The van der Waals surface area contributed by atoms with E-state index in [0.29, 0.717) is 6.42 Å². The number of carbonyl (C=O) groups excluding carboxylic acids is 1. The molecule has 1 heterocycles. The highest BCUT2D eigenvalue weighted by molar-refractivity contribution is 5.83. The predicted molar refractivity (Wildman–Crippen MR) is 125 cm³/mol. The normalized spacial score (nSPS) is 14.5. The molecule has 0 aromatic rings. The smallest absolute Gasteiger partial charge is 0.326 e. The molecule has 30 heavy (non-hydrogen) atoms. The van der Waals surface area contributed by atoms with Gasteiger partial charge in [0.1, 0.15) is 6.04 Å². The third-order valence-electron chi connectivity index (χ3n) is 5.14. The van der Waals surface area contributed by atoms with Gasteiger partial charge in [0.2, 0.25) is 5.91 Å². The van der Waals surface area contributed by atoms with Gasteiger partial charge in [0.25, 0.3) is 0 Å². The zero-order valence-corrected chi connectivity index (χ0v) is 18.7. The van der Waals surface area contributed by atoms with Gasteiger partial charge in [-0.1, -0.05) is 75.8 Å². The summed E-state index contributed by atoms with van der Waals surface area (Å²) < 4.78 is 0. The summed E-state index contributed by atoms with van der Waals surface area (Å²) in [4.78, 5) is 27.5. The lowest BCUT2D eigenvalue weighted by Gasteiger charge is -2.14. The number of hydrogen-bond donors (Lipinski definition) is 2. The number of amides is 1. The molecule has 168 valence electrons. The third-order valence-corrected chi connectivity index (χ3v) is 5.14. The Morgan fingerprint density at radius 2 is 1.67 bits per heavy atom. The first-order chi connectivity index (χ1) is 14.6. The summed E-state index contributed by atoms with van der Waals surface area (Å²) in [6.07, 6.45) is 26.6. The molecule has 0 spiro atoms. The molecule has 0 saturated heterocycles. The van der Waals surface area contributed by atoms with Crippen molar-refractivity contribution in [3.63, 3.8) is 0 Å². The number of nitrogens with zero attached hydrogens (tertiary/aromatic N) is 1. The van der Waals surface area contributed by atoms with Crippen molar-refractivity contribution < 1.29 is 14.7 Å². The second-order valence-corrected chi connectivity index (χ2v) is 7.92. The van der Waals surface area contributed by atoms with Crippen LogP contribution in [0.5, 0.6) is 0 Å². The minimum atomic E-state index is -1.01. The molecule has 0 aromatic carbocycles. The lowest BCUT2D eigenvalue weighted by atomic mass is 10.1. The number of rotatable bonds is 18. The molecule has 0 fully saturated rings. The van der Waals surface area contributed by atoms with Crippen molar-refractivity contribution in [2.75, 3.05) is 0 Å². The van der Waals surface area contributed by atoms with Crippen LogP contribution in [0.2, 0.25) is 0 Å². The molecule has 0 bridgehead atoms. The molecule has 0 radical (unpaired) electrons. The van der Waals surface area contributed by atoms with E-state index in [1.54, 1.807) is 6.21 Å². The van der Waals surface area contributed by atoms with Crippen LogP contribution in [0.25, 0.3) is 0 Å². The highest BCUT2D eigenvalue weighted by Crippen LogP contribution is 2.13. The van der Waals surface area contributed by atoms with Gasteiger partial charge in [0.15, 0.2) is 0 Å². The molecule has 0 saturated carbocycles. The second-order valence-electron chi connectivity index (χ2n) is 7.92. The van der Waals surface area contributed by atoms with Gasteiger partial charge in [-0.25, -0.2) is 4.79 Å². The van der Waals surface area contributed by atoms with Gasteiger partial charge in [-0.15, -0.1) is 0 Å². The molecule has 0 aromatic heterocycles. The molecule has 5 heteroatoms. The van der Waals surface area contributed by atoms with Crippen molar-refractivity contribution in [3.05, 3.63) is 36.1 Å². The summed E-state index contributed by atoms with van der Waals surface area (Å²) in [6, 6.07) is -0.891. The molecule has 2 N–H and O–H groups in total. The molecule has 5 nitrogen and oxygen atoms in total. The molecule has 1 unspecified atom stereocenters. The van der Waals surface area contributed by atoms with Crippen LogP contribution in [0, 0.1) is 0 Å². The molecule has 0 aliphatic carbocycles. The second kappa shape index (κ2) is 17.7. The Kier molecular flexibility index (Phi) is 15.2. The van der Waals surface area contributed by atoms with E-state index < -0.39 is 12.0 Å². The average molecular weight is 417 g/mol. The number of allylic oxidation sites excluding steroid dienone is 5. The molecule has 1 aliphatic rings. The first-order valence-corrected chi connectivity index (χ1v) is 11.7. The molecular weight excluding hydrogens is 376 g/mol. The summed E-state index contributed by atoms with van der Waals surface area (Å²) in [5, 5.41) is 11.9. The van der Waals surface area contributed by atoms with Gasteiger partial charge in [-0.2, -0.15) is 0 Å². The standard InChI is InChI=1S/C25H40N2O3/c1-2-3-4-5-6-7-8-9-10-11-12-13-14-15-16-19-24(28)27-23(25(29)30)21-22-18-17-20-26-22/h6-9,18,20,23H,2-5,10-17,19,21H2,1H3,(H,27,28)(H,29,30)/b7-6-,9-8+. The quantitative estimate of drug-likeness (QED) is 0.209. The number of carbonyl (C=O) groups is 2. The first kappa shape index (κ1) is 25.9. The van der Waals surface area contributed by atoms with E-state index in [2.05, 4.69) is 41.5 Å². The summed E-state index contributed by atoms with van der Waals surface area (Å²) in [5.41, 5.74) is 0.737. The molecular formula is C25H40N2O3. The van der Waals surface area contributed by atoms with E-state index in [1.165, 1.54) is 44.9 Å². The van der Waals surface area contributed by atoms with Crippen LogP contribution in [0.1, 0.15) is 96.8 Å². The SMILES string of the molecule is CCCCC/C=C\C=C\CCCCCCCCC(=O)NC(CC1=CCC=N1)C(=O)O. The van der Waals surface area contributed by atoms with E-state index in [-0.39, 0.29) is 12.3 Å². The van der Waals surface area contributed by atoms with Crippen LogP contribution in [0.15, 0.2) is 41.1 Å². The summed E-state index contributed by atoms with van der Waals surface area (Å²) in [7, 11) is 0. The van der Waals surface area contributed by atoms with Crippen molar-refractivity contribution in [2.24, 2.45) is 4.99 Å². The van der Waals surface area contributed by atoms with Crippen LogP contribution in [0.4, 0.5) is 0 Å². The van der Waals surface area contributed by atoms with E-state index in [0.717, 1.165) is 37.8 Å². The fourth-order valence-electron chi connectivity index (χ4n) is 3.34. The fraction of sp³-hybridized carbons (Fsp3) is 0.640. The Balaban J connectivity index is 1.98. The van der Waals surface area contributed by atoms with Crippen LogP contribution >= 0.6 is 0 Å². The molecule has 1 amide bonds. The highest BCUT2D eigenvalue weighted by Gasteiger charge is 2.21. The Labute approximate surface area is 182 Å². The Bertz CT molecular complexity index is 606. The highest BCUT2D eigenvalue weighted by atomic mass is 16.4. The molecule has 1 atom stereocenters. The molecule has 1 rings (SSSR count). The average Bonchev–Trinajstić information content (AvgIpc) is 3.23. The number of carboxylic acids is 1. The van der Waals surface area contributed by atoms with E-state index >= 15 is 0 Å². The summed E-state index contributed by atoms with van der Waals surface area (Å²) in [6.45, 7) is 2.23. The largest absolute Gasteiger partial charge is 0.480 e. The zero-order chi connectivity index (χ0) is 21.9. The Morgan fingerprint density at radius 3 is 2.27 bits per heavy atom. The van der Waals surface area contributed by atoms with Gasteiger partial charge >= 0.3 is 5.97 Å².